The number of benzene rings is 1. The quantitative estimate of drug-likeness (QED) is 0.651. The van der Waals surface area contributed by atoms with Gasteiger partial charge in [-0.2, -0.15) is 0 Å². The van der Waals surface area contributed by atoms with Gasteiger partial charge < -0.3 is 15.9 Å². The lowest BCUT2D eigenvalue weighted by Gasteiger charge is -1.96. The summed E-state index contributed by atoms with van der Waals surface area (Å²) in [6.07, 6.45) is 0. The summed E-state index contributed by atoms with van der Waals surface area (Å²) in [6, 6.07) is 11.0. The summed E-state index contributed by atoms with van der Waals surface area (Å²) in [5, 5.41) is 0. The first-order valence-electron chi connectivity index (χ1n) is 3.97. The molecule has 13 heavy (non-hydrogen) atoms. The first-order chi connectivity index (χ1) is 6.25. The monoisotopic (exact) mass is 174 g/mol. The van der Waals surface area contributed by atoms with Gasteiger partial charge in [-0.3, -0.25) is 0 Å². The van der Waals surface area contributed by atoms with Crippen LogP contribution in [0.15, 0.2) is 40.8 Å². The summed E-state index contributed by atoms with van der Waals surface area (Å²) in [7, 11) is 0. The molecule has 0 fully saturated rings. The van der Waals surface area contributed by atoms with E-state index in [-0.39, 0.29) is 0 Å². The largest absolute Gasteiger partial charge is 0.441 e. The molecule has 2 rings (SSSR count). The number of anilines is 2. The molecule has 66 valence electrons. The lowest BCUT2D eigenvalue weighted by molar-refractivity contribution is 0.603. The number of furan rings is 1. The van der Waals surface area contributed by atoms with Gasteiger partial charge in [-0.25, -0.2) is 0 Å². The Labute approximate surface area is 76.0 Å². The van der Waals surface area contributed by atoms with Gasteiger partial charge in [-0.15, -0.1) is 0 Å². The van der Waals surface area contributed by atoms with Crippen molar-refractivity contribution in [3.05, 3.63) is 36.4 Å². The van der Waals surface area contributed by atoms with Crippen LogP contribution in [0.5, 0.6) is 0 Å². The van der Waals surface area contributed by atoms with Gasteiger partial charge in [-0.1, -0.05) is 0 Å². The van der Waals surface area contributed by atoms with E-state index >= 15 is 0 Å². The molecule has 0 saturated heterocycles. The van der Waals surface area contributed by atoms with E-state index in [1.54, 1.807) is 6.07 Å². The van der Waals surface area contributed by atoms with Gasteiger partial charge >= 0.3 is 0 Å². The average molecular weight is 174 g/mol. The molecule has 2 aromatic rings. The van der Waals surface area contributed by atoms with Crippen molar-refractivity contribution in [1.82, 2.24) is 0 Å². The Balaban J connectivity index is 2.41. The zero-order chi connectivity index (χ0) is 9.26. The van der Waals surface area contributed by atoms with E-state index in [0.29, 0.717) is 5.88 Å². The highest BCUT2D eigenvalue weighted by molar-refractivity contribution is 5.61. The highest BCUT2D eigenvalue weighted by atomic mass is 16.3. The molecule has 4 N–H and O–H groups in total. The Morgan fingerprint density at radius 1 is 0.846 bits per heavy atom. The van der Waals surface area contributed by atoms with Crippen LogP contribution in [0.2, 0.25) is 0 Å². The van der Waals surface area contributed by atoms with E-state index in [0.717, 1.165) is 17.0 Å². The molecule has 1 aromatic carbocycles. The standard InChI is InChI=1S/C10H10N2O/c11-8-3-1-7(2-4-8)9-5-6-10(12)13-9/h1-6H,11-12H2. The summed E-state index contributed by atoms with van der Waals surface area (Å²) >= 11 is 0. The predicted molar refractivity (Wildman–Crippen MR) is 53.0 cm³/mol. The van der Waals surface area contributed by atoms with Crippen molar-refractivity contribution in [2.24, 2.45) is 0 Å². The van der Waals surface area contributed by atoms with E-state index in [9.17, 15) is 0 Å². The Kier molecular flexibility index (Phi) is 1.70. The first-order valence-corrected chi connectivity index (χ1v) is 3.97. The molecular weight excluding hydrogens is 164 g/mol. The van der Waals surface area contributed by atoms with Crippen LogP contribution in [0.3, 0.4) is 0 Å². The molecule has 0 aliphatic heterocycles. The second kappa shape index (κ2) is 2.86. The van der Waals surface area contributed by atoms with E-state index in [1.165, 1.54) is 0 Å². The summed E-state index contributed by atoms with van der Waals surface area (Å²) in [5.74, 6) is 1.18. The zero-order valence-electron chi connectivity index (χ0n) is 7.03. The Morgan fingerprint density at radius 2 is 1.54 bits per heavy atom. The maximum atomic E-state index is 5.55. The van der Waals surface area contributed by atoms with Crippen LogP contribution in [0.1, 0.15) is 0 Å². The molecule has 0 saturated carbocycles. The molecule has 3 nitrogen and oxygen atoms in total. The second-order valence-electron chi connectivity index (χ2n) is 2.82. The van der Waals surface area contributed by atoms with Crippen molar-refractivity contribution < 1.29 is 4.42 Å². The summed E-state index contributed by atoms with van der Waals surface area (Å²) in [4.78, 5) is 0. The molecule has 0 unspecified atom stereocenters. The van der Waals surface area contributed by atoms with Crippen molar-refractivity contribution in [3.63, 3.8) is 0 Å². The molecule has 0 spiro atoms. The molecule has 3 heteroatoms. The molecule has 0 bridgehead atoms. The lowest BCUT2D eigenvalue weighted by atomic mass is 10.1. The third-order valence-corrected chi connectivity index (χ3v) is 1.82. The number of nitrogens with two attached hydrogens (primary N) is 2. The molecule has 0 atom stereocenters. The van der Waals surface area contributed by atoms with Gasteiger partial charge in [0.1, 0.15) is 5.76 Å². The average Bonchev–Trinajstić information content (AvgIpc) is 2.53. The third-order valence-electron chi connectivity index (χ3n) is 1.82. The Bertz CT molecular complexity index is 403. The van der Waals surface area contributed by atoms with Crippen LogP contribution in [-0.2, 0) is 0 Å². The van der Waals surface area contributed by atoms with E-state index in [1.807, 2.05) is 30.3 Å². The minimum Gasteiger partial charge on any atom is -0.441 e. The van der Waals surface area contributed by atoms with Crippen LogP contribution in [0.4, 0.5) is 11.6 Å². The third kappa shape index (κ3) is 1.49. The maximum Gasteiger partial charge on any atom is 0.190 e. The van der Waals surface area contributed by atoms with Crippen LogP contribution >= 0.6 is 0 Å². The van der Waals surface area contributed by atoms with Gasteiger partial charge in [0.15, 0.2) is 5.88 Å². The molecule has 0 radical (unpaired) electrons. The summed E-state index contributed by atoms with van der Waals surface area (Å²) < 4.78 is 5.25. The Hall–Kier alpha value is -1.90. The maximum absolute atomic E-state index is 5.55. The highest BCUT2D eigenvalue weighted by Gasteiger charge is 2.01. The fraction of sp³-hybridized carbons (Fsp3) is 0. The summed E-state index contributed by atoms with van der Waals surface area (Å²) in [5.41, 5.74) is 12.7. The van der Waals surface area contributed by atoms with E-state index in [4.69, 9.17) is 15.9 Å². The van der Waals surface area contributed by atoms with Crippen molar-refractivity contribution in [3.8, 4) is 11.3 Å². The lowest BCUT2D eigenvalue weighted by Crippen LogP contribution is -1.82. The van der Waals surface area contributed by atoms with Gasteiger partial charge in [-0.05, 0) is 30.3 Å². The minimum atomic E-state index is 0.423. The van der Waals surface area contributed by atoms with Crippen LogP contribution in [0.25, 0.3) is 11.3 Å². The van der Waals surface area contributed by atoms with Gasteiger partial charge in [0.05, 0.1) is 0 Å². The molecule has 0 amide bonds. The fourth-order valence-electron chi connectivity index (χ4n) is 1.16. The van der Waals surface area contributed by atoms with Gasteiger partial charge in [0.25, 0.3) is 0 Å². The van der Waals surface area contributed by atoms with Crippen LogP contribution in [0, 0.1) is 0 Å². The normalized spacial score (nSPS) is 10.2. The summed E-state index contributed by atoms with van der Waals surface area (Å²) in [6.45, 7) is 0. The first kappa shape index (κ1) is 7.73. The molecular formula is C10H10N2O. The van der Waals surface area contributed by atoms with Crippen molar-refractivity contribution in [1.29, 1.82) is 0 Å². The number of hydrogen-bond donors (Lipinski definition) is 2. The van der Waals surface area contributed by atoms with Crippen LogP contribution < -0.4 is 11.5 Å². The highest BCUT2D eigenvalue weighted by Crippen LogP contribution is 2.23. The zero-order valence-corrected chi connectivity index (χ0v) is 7.03. The molecule has 0 aliphatic carbocycles. The number of hydrogen-bond acceptors (Lipinski definition) is 3. The van der Waals surface area contributed by atoms with Crippen molar-refractivity contribution >= 4 is 11.6 Å². The van der Waals surface area contributed by atoms with Gasteiger partial charge in [0, 0.05) is 17.3 Å². The SMILES string of the molecule is Nc1ccc(-c2ccc(N)o2)cc1. The number of nitrogen functional groups attached to an aromatic ring is 2. The Morgan fingerprint density at radius 3 is 2.08 bits per heavy atom. The predicted octanol–water partition coefficient (Wildman–Crippen LogP) is 2.11. The fourth-order valence-corrected chi connectivity index (χ4v) is 1.16. The topological polar surface area (TPSA) is 65.2 Å². The number of rotatable bonds is 1. The van der Waals surface area contributed by atoms with Crippen LogP contribution in [-0.4, -0.2) is 0 Å². The van der Waals surface area contributed by atoms with E-state index < -0.39 is 0 Å². The molecule has 1 heterocycles. The van der Waals surface area contributed by atoms with E-state index in [2.05, 4.69) is 0 Å². The molecule has 1 aromatic heterocycles. The smallest absolute Gasteiger partial charge is 0.190 e. The van der Waals surface area contributed by atoms with Gasteiger partial charge in [0.2, 0.25) is 0 Å². The second-order valence-corrected chi connectivity index (χ2v) is 2.82. The minimum absolute atomic E-state index is 0.423. The molecule has 0 aliphatic rings. The van der Waals surface area contributed by atoms with Crippen molar-refractivity contribution in [2.45, 2.75) is 0 Å². The van der Waals surface area contributed by atoms with Crippen molar-refractivity contribution in [2.75, 3.05) is 11.5 Å².